The molecule has 3 aromatic rings. The maximum absolute atomic E-state index is 6.39. The predicted octanol–water partition coefficient (Wildman–Crippen LogP) is 3.43. The van der Waals surface area contributed by atoms with Crippen LogP contribution in [-0.4, -0.2) is 47.4 Å². The monoisotopic (exact) mass is 366 g/mol. The molecule has 0 N–H and O–H groups in total. The molecule has 1 aromatic carbocycles. The Hall–Kier alpha value is -2.60. The van der Waals surface area contributed by atoms with Gasteiger partial charge in [-0.25, -0.2) is 9.97 Å². The lowest BCUT2D eigenvalue weighted by atomic mass is 10.1. The van der Waals surface area contributed by atoms with E-state index >= 15 is 0 Å². The first kappa shape index (κ1) is 17.8. The van der Waals surface area contributed by atoms with Crippen molar-refractivity contribution in [2.75, 3.05) is 31.7 Å². The second-order valence-corrected chi connectivity index (χ2v) is 7.01. The molecule has 0 aliphatic carbocycles. The van der Waals surface area contributed by atoms with Crippen molar-refractivity contribution in [2.45, 2.75) is 32.4 Å². The number of benzene rings is 1. The minimum atomic E-state index is 0.233. The van der Waals surface area contributed by atoms with Crippen LogP contribution in [0.4, 0.5) is 5.82 Å². The summed E-state index contributed by atoms with van der Waals surface area (Å²) in [6, 6.07) is 10.5. The van der Waals surface area contributed by atoms with Crippen molar-refractivity contribution >= 4 is 16.7 Å². The average Bonchev–Trinajstić information content (AvgIpc) is 3.11. The summed E-state index contributed by atoms with van der Waals surface area (Å²) < 4.78 is 13.8. The maximum Gasteiger partial charge on any atom is 0.132 e. The number of ether oxygens (including phenoxy) is 2. The number of aryl methyl sites for hydroxylation is 1. The van der Waals surface area contributed by atoms with Gasteiger partial charge in [-0.3, -0.25) is 0 Å². The molecule has 142 valence electrons. The largest absolute Gasteiger partial charge is 0.490 e. The van der Waals surface area contributed by atoms with Gasteiger partial charge in [-0.05, 0) is 25.1 Å². The molecular formula is C21H26N4O2. The lowest BCUT2D eigenvalue weighted by molar-refractivity contribution is 0.173. The molecule has 27 heavy (non-hydrogen) atoms. The number of piperidine rings is 1. The number of anilines is 1. The molecule has 1 aliphatic heterocycles. The highest BCUT2D eigenvalue weighted by molar-refractivity contribution is 5.86. The lowest BCUT2D eigenvalue weighted by Crippen LogP contribution is -2.38. The van der Waals surface area contributed by atoms with Gasteiger partial charge in [-0.15, -0.1) is 0 Å². The lowest BCUT2D eigenvalue weighted by Gasteiger charge is -2.33. The van der Waals surface area contributed by atoms with E-state index in [1.807, 2.05) is 13.0 Å². The molecule has 1 fully saturated rings. The van der Waals surface area contributed by atoms with Gasteiger partial charge in [0.2, 0.25) is 0 Å². The summed E-state index contributed by atoms with van der Waals surface area (Å²) in [6.45, 7) is 5.45. The van der Waals surface area contributed by atoms with Crippen LogP contribution >= 0.6 is 0 Å². The van der Waals surface area contributed by atoms with Crippen molar-refractivity contribution in [3.05, 3.63) is 48.5 Å². The Morgan fingerprint density at radius 2 is 2.00 bits per heavy atom. The van der Waals surface area contributed by atoms with Crippen molar-refractivity contribution in [1.29, 1.82) is 0 Å². The van der Waals surface area contributed by atoms with Crippen LogP contribution in [0.3, 0.4) is 0 Å². The van der Waals surface area contributed by atoms with E-state index in [1.165, 1.54) is 10.9 Å². The van der Waals surface area contributed by atoms with Gasteiger partial charge >= 0.3 is 0 Å². The van der Waals surface area contributed by atoms with Crippen LogP contribution in [0, 0.1) is 6.92 Å². The zero-order valence-corrected chi connectivity index (χ0v) is 16.0. The molecule has 0 bridgehead atoms. The van der Waals surface area contributed by atoms with E-state index in [2.05, 4.69) is 49.9 Å². The van der Waals surface area contributed by atoms with E-state index in [-0.39, 0.29) is 6.10 Å². The second-order valence-electron chi connectivity index (χ2n) is 7.01. The summed E-state index contributed by atoms with van der Waals surface area (Å²) in [5.41, 5.74) is 2.20. The summed E-state index contributed by atoms with van der Waals surface area (Å²) in [5.74, 6) is 1.98. The fourth-order valence-corrected chi connectivity index (χ4v) is 3.68. The van der Waals surface area contributed by atoms with E-state index in [0.717, 1.165) is 49.7 Å². The third-order valence-corrected chi connectivity index (χ3v) is 5.16. The first-order valence-corrected chi connectivity index (χ1v) is 9.51. The first-order chi connectivity index (χ1) is 13.2. The zero-order valence-electron chi connectivity index (χ0n) is 16.0. The molecule has 0 unspecified atom stereocenters. The molecule has 1 saturated heterocycles. The third kappa shape index (κ3) is 3.90. The van der Waals surface area contributed by atoms with Gasteiger partial charge < -0.3 is 18.9 Å². The molecule has 1 aliphatic rings. The van der Waals surface area contributed by atoms with Crippen LogP contribution in [0.2, 0.25) is 0 Å². The Bertz CT molecular complexity index is 900. The number of nitrogens with zero attached hydrogens (tertiary/aromatic N) is 4. The molecule has 0 spiro atoms. The van der Waals surface area contributed by atoms with Crippen LogP contribution in [0.1, 0.15) is 18.5 Å². The number of rotatable bonds is 6. The van der Waals surface area contributed by atoms with Crippen LogP contribution in [0.25, 0.3) is 10.9 Å². The van der Waals surface area contributed by atoms with Crippen molar-refractivity contribution < 1.29 is 9.47 Å². The van der Waals surface area contributed by atoms with Crippen LogP contribution in [0.15, 0.2) is 42.9 Å². The summed E-state index contributed by atoms with van der Waals surface area (Å²) in [6.07, 6.45) is 5.96. The average molecular weight is 366 g/mol. The molecule has 0 radical (unpaired) electrons. The standard InChI is InChI=1S/C21H26N4O2/c1-16-14-21(23-15-22-16)25-9-6-17(7-10-25)27-20-5-3-4-19-18(20)8-11-24(19)12-13-26-2/h3-5,8,11,14-15,17H,6-7,9-10,12-13H2,1-2H3. The molecule has 2 aromatic heterocycles. The van der Waals surface area contributed by atoms with Gasteiger partial charge in [0, 0.05) is 62.9 Å². The summed E-state index contributed by atoms with van der Waals surface area (Å²) >= 11 is 0. The molecule has 0 saturated carbocycles. The Morgan fingerprint density at radius 1 is 1.15 bits per heavy atom. The third-order valence-electron chi connectivity index (χ3n) is 5.16. The second kappa shape index (κ2) is 7.96. The molecule has 4 rings (SSSR count). The highest BCUT2D eigenvalue weighted by Gasteiger charge is 2.22. The van der Waals surface area contributed by atoms with Gasteiger partial charge in [0.25, 0.3) is 0 Å². The van der Waals surface area contributed by atoms with E-state index in [9.17, 15) is 0 Å². The van der Waals surface area contributed by atoms with Crippen molar-refractivity contribution in [1.82, 2.24) is 14.5 Å². The van der Waals surface area contributed by atoms with Gasteiger partial charge in [-0.1, -0.05) is 6.07 Å². The normalized spacial score (nSPS) is 15.4. The van der Waals surface area contributed by atoms with Crippen molar-refractivity contribution in [3.8, 4) is 5.75 Å². The fourth-order valence-electron chi connectivity index (χ4n) is 3.68. The Kier molecular flexibility index (Phi) is 5.25. The van der Waals surface area contributed by atoms with Crippen LogP contribution in [-0.2, 0) is 11.3 Å². The number of fused-ring (bicyclic) bond motifs is 1. The van der Waals surface area contributed by atoms with E-state index < -0.39 is 0 Å². The quantitative estimate of drug-likeness (QED) is 0.669. The number of hydrogen-bond donors (Lipinski definition) is 0. The fraction of sp³-hybridized carbons (Fsp3) is 0.429. The van der Waals surface area contributed by atoms with Crippen molar-refractivity contribution in [2.24, 2.45) is 0 Å². The van der Waals surface area contributed by atoms with Gasteiger partial charge in [0.15, 0.2) is 0 Å². The smallest absolute Gasteiger partial charge is 0.132 e. The van der Waals surface area contributed by atoms with Gasteiger partial charge in [0.1, 0.15) is 24.0 Å². The molecule has 6 heteroatoms. The maximum atomic E-state index is 6.39. The zero-order chi connectivity index (χ0) is 18.6. The highest BCUT2D eigenvalue weighted by atomic mass is 16.5. The number of aromatic nitrogens is 3. The molecular weight excluding hydrogens is 340 g/mol. The SMILES string of the molecule is COCCn1ccc2c(OC3CCN(c4cc(C)ncn4)CC3)cccc21. The predicted molar refractivity (Wildman–Crippen MR) is 106 cm³/mol. The topological polar surface area (TPSA) is 52.4 Å². The van der Waals surface area contributed by atoms with E-state index in [1.54, 1.807) is 13.4 Å². The Labute approximate surface area is 159 Å². The van der Waals surface area contributed by atoms with Crippen molar-refractivity contribution in [3.63, 3.8) is 0 Å². The molecule has 3 heterocycles. The Balaban J connectivity index is 1.42. The minimum Gasteiger partial charge on any atom is -0.490 e. The van der Waals surface area contributed by atoms with Gasteiger partial charge in [-0.2, -0.15) is 0 Å². The number of methoxy groups -OCH3 is 1. The number of hydrogen-bond acceptors (Lipinski definition) is 5. The Morgan fingerprint density at radius 3 is 2.78 bits per heavy atom. The van der Waals surface area contributed by atoms with E-state index in [4.69, 9.17) is 9.47 Å². The van der Waals surface area contributed by atoms with Gasteiger partial charge in [0.05, 0.1) is 12.1 Å². The molecule has 0 atom stereocenters. The minimum absolute atomic E-state index is 0.233. The first-order valence-electron chi connectivity index (χ1n) is 9.51. The van der Waals surface area contributed by atoms with Crippen LogP contribution in [0.5, 0.6) is 5.75 Å². The molecule has 6 nitrogen and oxygen atoms in total. The highest BCUT2D eigenvalue weighted by Crippen LogP contribution is 2.29. The summed E-state index contributed by atoms with van der Waals surface area (Å²) in [5, 5.41) is 1.17. The molecule has 0 amide bonds. The van der Waals surface area contributed by atoms with Crippen LogP contribution < -0.4 is 9.64 Å². The summed E-state index contributed by atoms with van der Waals surface area (Å²) in [7, 11) is 1.73. The van der Waals surface area contributed by atoms with E-state index in [0.29, 0.717) is 6.61 Å². The summed E-state index contributed by atoms with van der Waals surface area (Å²) in [4.78, 5) is 10.9.